The van der Waals surface area contributed by atoms with E-state index in [1.165, 1.54) is 5.56 Å². The number of ether oxygens (including phenoxy) is 1. The van der Waals surface area contributed by atoms with Crippen molar-refractivity contribution in [3.63, 3.8) is 0 Å². The molecule has 1 aromatic rings. The molecule has 1 aliphatic rings. The topological polar surface area (TPSA) is 38.5 Å². The van der Waals surface area contributed by atoms with Crippen molar-refractivity contribution in [3.8, 4) is 5.75 Å². The van der Waals surface area contributed by atoms with Gasteiger partial charge in [-0.15, -0.1) is 0 Å². The lowest BCUT2D eigenvalue weighted by molar-refractivity contribution is 0.158. The van der Waals surface area contributed by atoms with Crippen LogP contribution in [0, 0.1) is 5.92 Å². The van der Waals surface area contributed by atoms with Gasteiger partial charge in [-0.25, -0.2) is 0 Å². The highest BCUT2D eigenvalue weighted by molar-refractivity contribution is 5.27. The zero-order valence-electron chi connectivity index (χ0n) is 12.1. The first-order valence-electron chi connectivity index (χ1n) is 7.38. The summed E-state index contributed by atoms with van der Waals surface area (Å²) in [5, 5.41) is 0. The van der Waals surface area contributed by atoms with Crippen LogP contribution in [0.1, 0.15) is 32.3 Å². The molecule has 0 aromatic heterocycles. The van der Waals surface area contributed by atoms with E-state index in [9.17, 15) is 0 Å². The normalized spacial score (nSPS) is 24.4. The van der Waals surface area contributed by atoms with Gasteiger partial charge in [-0.3, -0.25) is 4.90 Å². The predicted molar refractivity (Wildman–Crippen MR) is 79.3 cm³/mol. The fourth-order valence-corrected chi connectivity index (χ4v) is 2.56. The van der Waals surface area contributed by atoms with E-state index in [-0.39, 0.29) is 0 Å². The monoisotopic (exact) mass is 262 g/mol. The third kappa shape index (κ3) is 4.22. The fourth-order valence-electron chi connectivity index (χ4n) is 2.56. The molecule has 106 valence electrons. The van der Waals surface area contributed by atoms with Crippen LogP contribution in [0.3, 0.4) is 0 Å². The number of hydrogen-bond acceptors (Lipinski definition) is 3. The zero-order valence-corrected chi connectivity index (χ0v) is 12.1. The quantitative estimate of drug-likeness (QED) is 0.886. The lowest BCUT2D eigenvalue weighted by Crippen LogP contribution is -2.45. The van der Waals surface area contributed by atoms with Gasteiger partial charge in [0.25, 0.3) is 0 Å². The van der Waals surface area contributed by atoms with E-state index in [1.807, 2.05) is 0 Å². The van der Waals surface area contributed by atoms with Crippen molar-refractivity contribution in [3.05, 3.63) is 29.8 Å². The summed E-state index contributed by atoms with van der Waals surface area (Å²) in [4.78, 5) is 2.50. The number of rotatable bonds is 5. The first-order valence-corrected chi connectivity index (χ1v) is 7.38. The predicted octanol–water partition coefficient (Wildman–Crippen LogP) is 2.64. The highest BCUT2D eigenvalue weighted by atomic mass is 16.5. The van der Waals surface area contributed by atoms with Crippen LogP contribution in [-0.2, 0) is 6.54 Å². The molecule has 0 radical (unpaired) electrons. The Morgan fingerprint density at radius 3 is 2.68 bits per heavy atom. The number of nitrogens with two attached hydrogens (primary N) is 1. The maximum atomic E-state index is 6.06. The fraction of sp³-hybridized carbons (Fsp3) is 0.625. The summed E-state index contributed by atoms with van der Waals surface area (Å²) in [6.07, 6.45) is 2.16. The number of piperidine rings is 1. The molecule has 0 saturated carbocycles. The van der Waals surface area contributed by atoms with Gasteiger partial charge >= 0.3 is 0 Å². The van der Waals surface area contributed by atoms with E-state index in [4.69, 9.17) is 10.5 Å². The van der Waals surface area contributed by atoms with Crippen molar-refractivity contribution >= 4 is 0 Å². The first-order chi connectivity index (χ1) is 9.19. The summed E-state index contributed by atoms with van der Waals surface area (Å²) in [7, 11) is 0. The molecule has 3 nitrogen and oxygen atoms in total. The molecular formula is C16H26N2O. The van der Waals surface area contributed by atoms with Crippen LogP contribution in [0.2, 0.25) is 0 Å². The Balaban J connectivity index is 1.85. The highest BCUT2D eigenvalue weighted by Crippen LogP contribution is 2.19. The minimum absolute atomic E-state index is 0.376. The maximum Gasteiger partial charge on any atom is 0.119 e. The Morgan fingerprint density at radius 1 is 1.32 bits per heavy atom. The molecule has 2 rings (SSSR count). The van der Waals surface area contributed by atoms with Gasteiger partial charge in [-0.05, 0) is 43.0 Å². The molecule has 1 aromatic carbocycles. The van der Waals surface area contributed by atoms with Crippen LogP contribution in [0.15, 0.2) is 24.3 Å². The summed E-state index contributed by atoms with van der Waals surface area (Å²) in [5.74, 6) is 1.57. The van der Waals surface area contributed by atoms with Crippen LogP contribution in [-0.4, -0.2) is 30.6 Å². The maximum absolute atomic E-state index is 6.06. The van der Waals surface area contributed by atoms with Gasteiger partial charge in [0.1, 0.15) is 5.75 Å². The van der Waals surface area contributed by atoms with Crippen molar-refractivity contribution in [2.45, 2.75) is 39.3 Å². The largest absolute Gasteiger partial charge is 0.494 e. The minimum Gasteiger partial charge on any atom is -0.494 e. The van der Waals surface area contributed by atoms with Crippen molar-refractivity contribution in [2.24, 2.45) is 11.7 Å². The molecule has 0 spiro atoms. The lowest BCUT2D eigenvalue weighted by atomic mass is 9.94. The number of nitrogens with zero attached hydrogens (tertiary/aromatic N) is 1. The Kier molecular flexibility index (Phi) is 5.23. The molecular weight excluding hydrogens is 236 g/mol. The molecule has 1 fully saturated rings. The van der Waals surface area contributed by atoms with Gasteiger partial charge in [0.05, 0.1) is 6.61 Å². The van der Waals surface area contributed by atoms with Crippen molar-refractivity contribution in [1.29, 1.82) is 0 Å². The van der Waals surface area contributed by atoms with Crippen LogP contribution in [0.25, 0.3) is 0 Å². The van der Waals surface area contributed by atoms with Gasteiger partial charge in [-0.1, -0.05) is 26.0 Å². The molecule has 2 unspecified atom stereocenters. The molecule has 1 heterocycles. The van der Waals surface area contributed by atoms with E-state index in [2.05, 4.69) is 43.0 Å². The average molecular weight is 262 g/mol. The number of benzene rings is 1. The molecule has 3 heteroatoms. The lowest BCUT2D eigenvalue weighted by Gasteiger charge is -2.35. The standard InChI is InChI=1S/C16H26N2O/c1-3-10-19-15-6-4-14(5-7-15)12-18-9-8-16(17)13(2)11-18/h4-7,13,16H,3,8-12,17H2,1-2H3. The number of hydrogen-bond donors (Lipinski definition) is 1. The molecule has 2 atom stereocenters. The molecule has 2 N–H and O–H groups in total. The number of likely N-dealkylation sites (tertiary alicyclic amines) is 1. The van der Waals surface area contributed by atoms with Gasteiger partial charge in [0, 0.05) is 19.1 Å². The molecule has 0 amide bonds. The first kappa shape index (κ1) is 14.4. The Labute approximate surface area is 116 Å². The average Bonchev–Trinajstić information content (AvgIpc) is 2.42. The van der Waals surface area contributed by atoms with Crippen molar-refractivity contribution in [2.75, 3.05) is 19.7 Å². The highest BCUT2D eigenvalue weighted by Gasteiger charge is 2.22. The second-order valence-corrected chi connectivity index (χ2v) is 5.66. The second kappa shape index (κ2) is 6.92. The van der Waals surface area contributed by atoms with E-state index in [0.717, 1.165) is 44.8 Å². The Hall–Kier alpha value is -1.06. The van der Waals surface area contributed by atoms with Crippen LogP contribution in [0.5, 0.6) is 5.75 Å². The summed E-state index contributed by atoms with van der Waals surface area (Å²) in [5.41, 5.74) is 7.41. The summed E-state index contributed by atoms with van der Waals surface area (Å²) < 4.78 is 5.60. The van der Waals surface area contributed by atoms with Crippen LogP contribution < -0.4 is 10.5 Å². The summed E-state index contributed by atoms with van der Waals surface area (Å²) in [6.45, 7) is 8.40. The van der Waals surface area contributed by atoms with Gasteiger partial charge < -0.3 is 10.5 Å². The smallest absolute Gasteiger partial charge is 0.119 e. The van der Waals surface area contributed by atoms with Crippen molar-refractivity contribution in [1.82, 2.24) is 4.90 Å². The summed E-state index contributed by atoms with van der Waals surface area (Å²) in [6, 6.07) is 8.86. The summed E-state index contributed by atoms with van der Waals surface area (Å²) >= 11 is 0. The molecule has 1 aliphatic heterocycles. The SMILES string of the molecule is CCCOc1ccc(CN2CCC(N)C(C)C2)cc1. The Morgan fingerprint density at radius 2 is 2.05 bits per heavy atom. The second-order valence-electron chi connectivity index (χ2n) is 5.66. The minimum atomic E-state index is 0.376. The van der Waals surface area contributed by atoms with Crippen LogP contribution >= 0.6 is 0 Å². The van der Waals surface area contributed by atoms with Gasteiger partial charge in [0.2, 0.25) is 0 Å². The Bertz CT molecular complexity index is 377. The van der Waals surface area contributed by atoms with E-state index in [1.54, 1.807) is 0 Å². The third-order valence-electron chi connectivity index (χ3n) is 3.86. The molecule has 0 aliphatic carbocycles. The van der Waals surface area contributed by atoms with E-state index < -0.39 is 0 Å². The molecule has 19 heavy (non-hydrogen) atoms. The van der Waals surface area contributed by atoms with Crippen molar-refractivity contribution < 1.29 is 4.74 Å². The zero-order chi connectivity index (χ0) is 13.7. The van der Waals surface area contributed by atoms with E-state index in [0.29, 0.717) is 12.0 Å². The van der Waals surface area contributed by atoms with Crippen LogP contribution in [0.4, 0.5) is 0 Å². The van der Waals surface area contributed by atoms with Gasteiger partial charge in [0.15, 0.2) is 0 Å². The van der Waals surface area contributed by atoms with Gasteiger partial charge in [-0.2, -0.15) is 0 Å². The third-order valence-corrected chi connectivity index (χ3v) is 3.86. The molecule has 1 saturated heterocycles. The molecule has 0 bridgehead atoms. The van der Waals surface area contributed by atoms with E-state index >= 15 is 0 Å².